The number of benzene rings is 2. The lowest BCUT2D eigenvalue weighted by Crippen LogP contribution is -2.13. The van der Waals surface area contributed by atoms with Crippen molar-refractivity contribution in [1.82, 2.24) is 0 Å². The fraction of sp³-hybridized carbons (Fsp3) is 0.0455. The van der Waals surface area contributed by atoms with Gasteiger partial charge in [0.2, 0.25) is 0 Å². The Balaban J connectivity index is 1.82. The molecule has 2 N–H and O–H groups in total. The molecule has 1 heterocycles. The number of nitriles is 1. The number of halogens is 1. The zero-order valence-electron chi connectivity index (χ0n) is 15.3. The van der Waals surface area contributed by atoms with E-state index in [0.29, 0.717) is 22.0 Å². The van der Waals surface area contributed by atoms with Crippen LogP contribution in [0.25, 0.3) is 17.4 Å². The number of anilines is 1. The lowest BCUT2D eigenvalue weighted by molar-refractivity contribution is -0.112. The molecule has 0 radical (unpaired) electrons. The average Bonchev–Trinajstić information content (AvgIpc) is 3.17. The number of carbonyl (C=O) groups excluding carboxylic acids is 1. The maximum Gasteiger partial charge on any atom is 0.335 e. The van der Waals surface area contributed by atoms with Crippen molar-refractivity contribution in [2.24, 2.45) is 0 Å². The van der Waals surface area contributed by atoms with Crippen molar-refractivity contribution in [1.29, 1.82) is 5.26 Å². The van der Waals surface area contributed by atoms with E-state index in [4.69, 9.17) is 21.1 Å². The molecule has 1 amide bonds. The number of aryl methyl sites for hydroxylation is 1. The summed E-state index contributed by atoms with van der Waals surface area (Å²) in [5.41, 5.74) is 1.89. The van der Waals surface area contributed by atoms with Crippen molar-refractivity contribution in [3.05, 3.63) is 82.1 Å². The molecule has 0 fully saturated rings. The van der Waals surface area contributed by atoms with Gasteiger partial charge in [0.15, 0.2) is 0 Å². The first-order chi connectivity index (χ1) is 13.9. The fourth-order valence-electron chi connectivity index (χ4n) is 2.55. The van der Waals surface area contributed by atoms with Gasteiger partial charge in [-0.1, -0.05) is 29.8 Å². The van der Waals surface area contributed by atoms with Gasteiger partial charge in [-0.2, -0.15) is 5.26 Å². The van der Waals surface area contributed by atoms with Crippen molar-refractivity contribution in [2.45, 2.75) is 6.92 Å². The van der Waals surface area contributed by atoms with E-state index in [-0.39, 0.29) is 16.9 Å². The first kappa shape index (κ1) is 19.9. The third-order valence-corrected chi connectivity index (χ3v) is 4.51. The molecule has 0 aliphatic carbocycles. The van der Waals surface area contributed by atoms with Gasteiger partial charge in [-0.25, -0.2) is 4.79 Å². The van der Waals surface area contributed by atoms with Gasteiger partial charge < -0.3 is 14.8 Å². The molecular formula is C22H15ClN2O4. The summed E-state index contributed by atoms with van der Waals surface area (Å²) in [6.07, 6.45) is 1.32. The number of furan rings is 1. The Morgan fingerprint density at radius 3 is 2.66 bits per heavy atom. The monoisotopic (exact) mass is 406 g/mol. The minimum Gasteiger partial charge on any atom is -0.478 e. The summed E-state index contributed by atoms with van der Waals surface area (Å²) >= 11 is 6.05. The molecule has 29 heavy (non-hydrogen) atoms. The molecule has 0 aliphatic heterocycles. The van der Waals surface area contributed by atoms with Gasteiger partial charge in [-0.05, 0) is 48.9 Å². The van der Waals surface area contributed by atoms with Gasteiger partial charge in [0.1, 0.15) is 23.2 Å². The van der Waals surface area contributed by atoms with Crippen LogP contribution in [-0.2, 0) is 4.79 Å². The zero-order chi connectivity index (χ0) is 21.0. The zero-order valence-corrected chi connectivity index (χ0v) is 16.0. The van der Waals surface area contributed by atoms with Crippen molar-refractivity contribution in [2.75, 3.05) is 5.32 Å². The number of carboxylic acids is 1. The molecular weight excluding hydrogens is 392 g/mol. The Bertz CT molecular complexity index is 1170. The Morgan fingerprint density at radius 2 is 1.97 bits per heavy atom. The summed E-state index contributed by atoms with van der Waals surface area (Å²) in [6.45, 7) is 1.84. The number of hydrogen-bond acceptors (Lipinski definition) is 4. The van der Waals surface area contributed by atoms with E-state index in [1.165, 1.54) is 18.2 Å². The van der Waals surface area contributed by atoms with Gasteiger partial charge in [0.25, 0.3) is 5.91 Å². The first-order valence-corrected chi connectivity index (χ1v) is 8.88. The average molecular weight is 407 g/mol. The largest absolute Gasteiger partial charge is 0.478 e. The lowest BCUT2D eigenvalue weighted by Gasteiger charge is -2.06. The van der Waals surface area contributed by atoms with E-state index in [1.54, 1.807) is 42.5 Å². The summed E-state index contributed by atoms with van der Waals surface area (Å²) in [5, 5.41) is 21.6. The number of amides is 1. The second-order valence-electron chi connectivity index (χ2n) is 6.18. The van der Waals surface area contributed by atoms with Gasteiger partial charge in [-0.15, -0.1) is 0 Å². The summed E-state index contributed by atoms with van der Waals surface area (Å²) in [7, 11) is 0. The van der Waals surface area contributed by atoms with Crippen LogP contribution in [0.4, 0.5) is 5.69 Å². The SMILES string of the molecule is Cc1ccc(NC(=O)/C(C#N)=C/c2ccc(-c3cccc(C(=O)O)c3)o2)cc1Cl. The minimum atomic E-state index is -1.04. The van der Waals surface area contributed by atoms with Crippen LogP contribution in [0.2, 0.25) is 5.02 Å². The standard InChI is InChI=1S/C22H15ClN2O4/c1-13-5-6-17(11-19(13)23)25-21(26)16(12-24)10-18-7-8-20(29-18)14-3-2-4-15(9-14)22(27)28/h2-11H,1H3,(H,25,26)(H,27,28)/b16-10+. The third-order valence-electron chi connectivity index (χ3n) is 4.10. The normalized spacial score (nSPS) is 11.0. The first-order valence-electron chi connectivity index (χ1n) is 8.50. The molecule has 0 saturated heterocycles. The third kappa shape index (κ3) is 4.72. The van der Waals surface area contributed by atoms with E-state index in [9.17, 15) is 14.9 Å². The highest BCUT2D eigenvalue weighted by atomic mass is 35.5. The molecule has 0 bridgehead atoms. The number of aromatic carboxylic acids is 1. The smallest absolute Gasteiger partial charge is 0.335 e. The van der Waals surface area contributed by atoms with Crippen molar-refractivity contribution in [3.63, 3.8) is 0 Å². The molecule has 0 aliphatic rings. The predicted octanol–water partition coefficient (Wildman–Crippen LogP) is 5.15. The molecule has 3 aromatic rings. The van der Waals surface area contributed by atoms with Crippen molar-refractivity contribution < 1.29 is 19.1 Å². The Hall–Kier alpha value is -3.82. The van der Waals surface area contributed by atoms with Crippen LogP contribution in [0, 0.1) is 18.3 Å². The number of nitrogens with one attached hydrogen (secondary N) is 1. The topological polar surface area (TPSA) is 103 Å². The second kappa shape index (κ2) is 8.46. The molecule has 0 saturated carbocycles. The molecule has 7 heteroatoms. The lowest BCUT2D eigenvalue weighted by atomic mass is 10.1. The van der Waals surface area contributed by atoms with Gasteiger partial charge >= 0.3 is 5.97 Å². The highest BCUT2D eigenvalue weighted by molar-refractivity contribution is 6.31. The summed E-state index contributed by atoms with van der Waals surface area (Å²) in [6, 6.07) is 16.4. The van der Waals surface area contributed by atoms with Crippen LogP contribution in [0.15, 0.2) is 64.6 Å². The van der Waals surface area contributed by atoms with Gasteiger partial charge in [0.05, 0.1) is 5.56 Å². The Morgan fingerprint density at radius 1 is 1.17 bits per heavy atom. The Kier molecular flexibility index (Phi) is 5.82. The number of rotatable bonds is 5. The molecule has 0 unspecified atom stereocenters. The second-order valence-corrected chi connectivity index (χ2v) is 6.58. The maximum absolute atomic E-state index is 12.4. The highest BCUT2D eigenvalue weighted by Crippen LogP contribution is 2.25. The molecule has 1 aromatic heterocycles. The molecule has 0 spiro atoms. The molecule has 3 rings (SSSR count). The fourth-order valence-corrected chi connectivity index (χ4v) is 2.73. The maximum atomic E-state index is 12.4. The number of carboxylic acid groups (broad SMARTS) is 1. The predicted molar refractivity (Wildman–Crippen MR) is 110 cm³/mol. The van der Waals surface area contributed by atoms with Gasteiger partial charge in [0, 0.05) is 22.3 Å². The van der Waals surface area contributed by atoms with Crippen LogP contribution in [-0.4, -0.2) is 17.0 Å². The van der Waals surface area contributed by atoms with E-state index >= 15 is 0 Å². The minimum absolute atomic E-state index is 0.129. The highest BCUT2D eigenvalue weighted by Gasteiger charge is 2.13. The summed E-state index contributed by atoms with van der Waals surface area (Å²) in [4.78, 5) is 23.5. The number of nitrogens with zero attached hydrogens (tertiary/aromatic N) is 1. The quantitative estimate of drug-likeness (QED) is 0.450. The summed E-state index contributed by atoms with van der Waals surface area (Å²) < 4.78 is 5.65. The van der Waals surface area contributed by atoms with Crippen LogP contribution in [0.5, 0.6) is 0 Å². The summed E-state index contributed by atoms with van der Waals surface area (Å²) in [5.74, 6) is -0.937. The van der Waals surface area contributed by atoms with Crippen LogP contribution < -0.4 is 5.32 Å². The molecule has 2 aromatic carbocycles. The van der Waals surface area contributed by atoms with E-state index < -0.39 is 11.9 Å². The molecule has 6 nitrogen and oxygen atoms in total. The van der Waals surface area contributed by atoms with E-state index in [2.05, 4.69) is 5.32 Å². The molecule has 0 atom stereocenters. The van der Waals surface area contributed by atoms with Crippen LogP contribution in [0.1, 0.15) is 21.7 Å². The number of carbonyl (C=O) groups is 2. The van der Waals surface area contributed by atoms with Crippen LogP contribution in [0.3, 0.4) is 0 Å². The van der Waals surface area contributed by atoms with Crippen molar-refractivity contribution in [3.8, 4) is 17.4 Å². The van der Waals surface area contributed by atoms with E-state index in [1.807, 2.05) is 13.0 Å². The van der Waals surface area contributed by atoms with E-state index in [0.717, 1.165) is 5.56 Å². The van der Waals surface area contributed by atoms with Crippen molar-refractivity contribution >= 4 is 35.2 Å². The van der Waals surface area contributed by atoms with Crippen LogP contribution >= 0.6 is 11.6 Å². The number of hydrogen-bond donors (Lipinski definition) is 2. The molecule has 144 valence electrons. The Labute approximate surface area is 171 Å². The van der Waals surface area contributed by atoms with Gasteiger partial charge in [-0.3, -0.25) is 4.79 Å².